The van der Waals surface area contributed by atoms with Crippen molar-refractivity contribution in [1.29, 1.82) is 0 Å². The Morgan fingerprint density at radius 1 is 0.593 bits per heavy atom. The molecule has 0 fully saturated rings. The molecule has 0 atom stereocenters. The van der Waals surface area contributed by atoms with Gasteiger partial charge in [-0.3, -0.25) is 9.59 Å². The van der Waals surface area contributed by atoms with Crippen molar-refractivity contribution in [3.8, 4) is 0 Å². The largest absolute Gasteiger partial charge is 0.741 e. The molecule has 0 spiro atoms. The Balaban J connectivity index is 0.000000341. The van der Waals surface area contributed by atoms with Crippen molar-refractivity contribution in [3.63, 3.8) is 0 Å². The van der Waals surface area contributed by atoms with Crippen molar-refractivity contribution in [1.82, 2.24) is 9.97 Å². The number of para-hydroxylation sites is 2. The molecule has 0 saturated heterocycles. The van der Waals surface area contributed by atoms with Gasteiger partial charge in [-0.1, -0.05) is 24.3 Å². The van der Waals surface area contributed by atoms with Crippen LogP contribution in [0.4, 0.5) is 37.7 Å². The van der Waals surface area contributed by atoms with Gasteiger partial charge in [-0.25, -0.2) is 26.8 Å². The van der Waals surface area contributed by atoms with Crippen molar-refractivity contribution in [3.05, 3.63) is 109 Å². The summed E-state index contributed by atoms with van der Waals surface area (Å²) < 4.78 is 122. The first-order valence-electron chi connectivity index (χ1n) is 14.7. The zero-order chi connectivity index (χ0) is 40.2. The Hall–Kier alpha value is -5.84. The van der Waals surface area contributed by atoms with Crippen LogP contribution in [0.3, 0.4) is 0 Å². The average Bonchev–Trinajstić information content (AvgIpc) is 3.06. The summed E-state index contributed by atoms with van der Waals surface area (Å²) in [5.41, 5.74) is -7.13. The van der Waals surface area contributed by atoms with Gasteiger partial charge in [-0.05, 0) is 48.5 Å². The molecule has 0 aliphatic rings. The van der Waals surface area contributed by atoms with E-state index < -0.39 is 31.3 Å². The van der Waals surface area contributed by atoms with E-state index in [1.807, 2.05) is 96.3 Å². The molecule has 22 heteroatoms. The van der Waals surface area contributed by atoms with Crippen LogP contribution in [0.5, 0.6) is 0 Å². The molecule has 284 valence electrons. The second kappa shape index (κ2) is 15.6. The van der Waals surface area contributed by atoms with Gasteiger partial charge in [-0.2, -0.15) is 35.5 Å². The number of aryl methyl sites for hydroxylation is 2. The maximum Gasteiger partial charge on any atom is 0.485 e. The minimum absolute atomic E-state index is 0.208. The number of rotatable bonds is 4. The summed E-state index contributed by atoms with van der Waals surface area (Å²) in [5.74, 6) is -0.718. The number of halogens is 6. The number of hydrogen-bond acceptors (Lipinski definition) is 10. The molecule has 0 aliphatic heterocycles. The summed E-state index contributed by atoms with van der Waals surface area (Å²) in [6, 6.07) is 26.6. The van der Waals surface area contributed by atoms with E-state index in [0.717, 1.165) is 27.2 Å². The fourth-order valence-corrected chi connectivity index (χ4v) is 4.61. The first kappa shape index (κ1) is 40.9. The van der Waals surface area contributed by atoms with E-state index in [2.05, 4.69) is 20.6 Å². The molecule has 0 radical (unpaired) electrons. The zero-order valence-electron chi connectivity index (χ0n) is 27.4. The summed E-state index contributed by atoms with van der Waals surface area (Å²) in [4.78, 5) is 34.9. The summed E-state index contributed by atoms with van der Waals surface area (Å²) in [5, 5.41) is 8.58. The molecule has 14 nitrogen and oxygen atoms in total. The molecule has 2 aromatic carbocycles. The minimum atomic E-state index is -6.09. The molecule has 0 unspecified atom stereocenters. The normalized spacial score (nSPS) is 12.0. The van der Waals surface area contributed by atoms with Crippen LogP contribution in [0.2, 0.25) is 0 Å². The highest BCUT2D eigenvalue weighted by Crippen LogP contribution is 2.22. The SMILES string of the molecule is C[n+]1cc(NC(=O)c2ccc3ccc(C(=O)Nc4cc5ccccc5[n+](C)c4)nc3n2)cc2ccccc21.O=S(=O)([O-])C(F)(F)F.O=S(=O)([O-])C(F)(F)F. The first-order valence-corrected chi connectivity index (χ1v) is 17.5. The number of carbonyl (C=O) groups is 2. The number of fused-ring (bicyclic) bond motifs is 3. The molecule has 6 rings (SSSR count). The average molecular weight is 799 g/mol. The van der Waals surface area contributed by atoms with E-state index in [1.54, 1.807) is 24.3 Å². The number of carbonyl (C=O) groups excluding carboxylic acids is 2. The monoisotopic (exact) mass is 798 g/mol. The minimum Gasteiger partial charge on any atom is -0.741 e. The van der Waals surface area contributed by atoms with E-state index in [0.29, 0.717) is 17.0 Å². The topological polar surface area (TPSA) is 206 Å². The molecule has 0 aliphatic carbocycles. The number of pyridine rings is 4. The van der Waals surface area contributed by atoms with Crippen LogP contribution in [0, 0.1) is 0 Å². The molecule has 0 bridgehead atoms. The van der Waals surface area contributed by atoms with E-state index in [4.69, 9.17) is 25.9 Å². The summed E-state index contributed by atoms with van der Waals surface area (Å²) >= 11 is 0. The number of benzene rings is 2. The third-order valence-corrected chi connectivity index (χ3v) is 8.16. The second-order valence-corrected chi connectivity index (χ2v) is 13.7. The zero-order valence-corrected chi connectivity index (χ0v) is 29.0. The molecule has 4 aromatic heterocycles. The van der Waals surface area contributed by atoms with Crippen LogP contribution in [-0.4, -0.2) is 58.7 Å². The van der Waals surface area contributed by atoms with E-state index in [-0.39, 0.29) is 23.2 Å². The van der Waals surface area contributed by atoms with Gasteiger partial charge in [0.2, 0.25) is 11.0 Å². The lowest BCUT2D eigenvalue weighted by atomic mass is 10.2. The maximum absolute atomic E-state index is 13.0. The van der Waals surface area contributed by atoms with Crippen molar-refractivity contribution < 1.29 is 71.0 Å². The van der Waals surface area contributed by atoms with E-state index >= 15 is 0 Å². The summed E-state index contributed by atoms with van der Waals surface area (Å²) in [6.07, 6.45) is 3.71. The van der Waals surface area contributed by atoms with Crippen LogP contribution >= 0.6 is 0 Å². The van der Waals surface area contributed by atoms with E-state index in [1.165, 1.54) is 0 Å². The Kier molecular flexibility index (Phi) is 11.9. The lowest BCUT2D eigenvalue weighted by molar-refractivity contribution is -0.644. The quantitative estimate of drug-likeness (QED) is 0.113. The molecule has 2 N–H and O–H groups in total. The van der Waals surface area contributed by atoms with Gasteiger partial charge in [-0.15, -0.1) is 0 Å². The van der Waals surface area contributed by atoms with Crippen LogP contribution in [0.25, 0.3) is 32.8 Å². The molecular weight excluding hydrogens is 775 g/mol. The van der Waals surface area contributed by atoms with Crippen molar-refractivity contribution in [2.45, 2.75) is 11.0 Å². The molecule has 0 saturated carbocycles. The van der Waals surface area contributed by atoms with Crippen LogP contribution < -0.4 is 19.8 Å². The highest BCUT2D eigenvalue weighted by molar-refractivity contribution is 7.86. The summed E-state index contributed by atoms with van der Waals surface area (Å²) in [7, 11) is -8.32. The number of aromatic nitrogens is 4. The predicted octanol–water partition coefficient (Wildman–Crippen LogP) is 4.19. The second-order valence-electron chi connectivity index (χ2n) is 10.9. The Morgan fingerprint density at radius 2 is 0.926 bits per heavy atom. The number of hydrogen-bond donors (Lipinski definition) is 2. The van der Waals surface area contributed by atoms with Gasteiger partial charge in [0.15, 0.2) is 38.3 Å². The van der Waals surface area contributed by atoms with Crippen LogP contribution in [0.1, 0.15) is 21.0 Å². The molecular formula is C32H24F6N6O8S2. The Labute approximate surface area is 301 Å². The number of alkyl halides is 6. The molecule has 4 heterocycles. The van der Waals surface area contributed by atoms with Gasteiger partial charge >= 0.3 is 11.0 Å². The maximum atomic E-state index is 13.0. The highest BCUT2D eigenvalue weighted by atomic mass is 32.2. The summed E-state index contributed by atoms with van der Waals surface area (Å²) in [6.45, 7) is 0. The smallest absolute Gasteiger partial charge is 0.485 e. The van der Waals surface area contributed by atoms with E-state index in [9.17, 15) is 35.9 Å². The van der Waals surface area contributed by atoms with Gasteiger partial charge < -0.3 is 19.7 Å². The van der Waals surface area contributed by atoms with Gasteiger partial charge in [0.05, 0.1) is 0 Å². The Morgan fingerprint density at radius 3 is 1.26 bits per heavy atom. The standard InChI is InChI=1S/C30H22N6O2.2CHF3O3S/c1-35-17-22(15-20-7-3-5-9-26(20)35)31-29(37)24-13-11-19-12-14-25(34-28(19)33-24)30(38)32-23-16-21-8-4-6-10-27(21)36(2)18-23;2*2-1(3,4)8(5,6)7/h3-18H,1-2H3;2*(H,5,6,7). The lowest BCUT2D eigenvalue weighted by Crippen LogP contribution is -2.29. The number of nitrogens with zero attached hydrogens (tertiary/aromatic N) is 4. The fourth-order valence-electron chi connectivity index (χ4n) is 4.61. The Bertz CT molecular complexity index is 2450. The molecule has 54 heavy (non-hydrogen) atoms. The molecule has 6 aromatic rings. The fraction of sp³-hybridized carbons (Fsp3) is 0.125. The highest BCUT2D eigenvalue weighted by Gasteiger charge is 2.37. The lowest BCUT2D eigenvalue weighted by Gasteiger charge is -2.08. The third-order valence-electron chi connectivity index (χ3n) is 7.02. The van der Waals surface area contributed by atoms with Crippen LogP contribution in [0.15, 0.2) is 97.3 Å². The van der Waals surface area contributed by atoms with Crippen molar-refractivity contribution >= 4 is 76.3 Å². The predicted molar refractivity (Wildman–Crippen MR) is 177 cm³/mol. The number of amides is 2. The van der Waals surface area contributed by atoms with Crippen LogP contribution in [-0.2, 0) is 34.3 Å². The van der Waals surface area contributed by atoms with Gasteiger partial charge in [0.1, 0.15) is 36.9 Å². The van der Waals surface area contributed by atoms with Crippen molar-refractivity contribution in [2.24, 2.45) is 14.1 Å². The van der Waals surface area contributed by atoms with Crippen molar-refractivity contribution in [2.75, 3.05) is 10.6 Å². The van der Waals surface area contributed by atoms with Gasteiger partial charge in [0.25, 0.3) is 11.8 Å². The molecule has 2 amide bonds. The first-order chi connectivity index (χ1) is 24.9. The number of anilines is 2. The van der Waals surface area contributed by atoms with Gasteiger partial charge in [0, 0.05) is 28.3 Å². The number of nitrogens with one attached hydrogen (secondary N) is 2. The third kappa shape index (κ3) is 10.2.